The van der Waals surface area contributed by atoms with Crippen LogP contribution in [0.3, 0.4) is 0 Å². The van der Waals surface area contributed by atoms with Crippen molar-refractivity contribution < 1.29 is 22.3 Å². The smallest absolute Gasteiger partial charge is 0.265 e. The van der Waals surface area contributed by atoms with Crippen molar-refractivity contribution in [3.8, 4) is 5.75 Å². The van der Waals surface area contributed by atoms with Gasteiger partial charge in [0.25, 0.3) is 15.9 Å². The van der Waals surface area contributed by atoms with Gasteiger partial charge in [-0.05, 0) is 36.4 Å². The fourth-order valence-electron chi connectivity index (χ4n) is 2.23. The lowest BCUT2D eigenvalue weighted by molar-refractivity contribution is 0.0957. The molecule has 1 aliphatic heterocycles. The van der Waals surface area contributed by atoms with Crippen LogP contribution in [0.5, 0.6) is 5.75 Å². The Morgan fingerprint density at radius 1 is 1.21 bits per heavy atom. The number of nitrogens with one attached hydrogen (secondary N) is 2. The van der Waals surface area contributed by atoms with E-state index in [1.165, 1.54) is 24.3 Å². The SMILES string of the molecule is O=C1NCCOc2c1cc(Br)cc2S(=O)(=O)Nc1ccc(F)cc1. The summed E-state index contributed by atoms with van der Waals surface area (Å²) in [7, 11) is -4.04. The topological polar surface area (TPSA) is 84.5 Å². The summed E-state index contributed by atoms with van der Waals surface area (Å²) in [6.07, 6.45) is 0. The molecule has 0 saturated carbocycles. The van der Waals surface area contributed by atoms with Gasteiger partial charge in [-0.1, -0.05) is 15.9 Å². The van der Waals surface area contributed by atoms with Gasteiger partial charge in [-0.15, -0.1) is 0 Å². The Balaban J connectivity index is 2.07. The zero-order valence-corrected chi connectivity index (χ0v) is 14.6. The van der Waals surface area contributed by atoms with Crippen molar-refractivity contribution in [1.29, 1.82) is 0 Å². The highest BCUT2D eigenvalue weighted by molar-refractivity contribution is 9.10. The van der Waals surface area contributed by atoms with Crippen LogP contribution in [0.1, 0.15) is 10.4 Å². The van der Waals surface area contributed by atoms with Crippen LogP contribution in [-0.4, -0.2) is 27.5 Å². The highest BCUT2D eigenvalue weighted by Gasteiger charge is 2.27. The van der Waals surface area contributed by atoms with Crippen molar-refractivity contribution in [3.05, 3.63) is 52.3 Å². The molecule has 9 heteroatoms. The quantitative estimate of drug-likeness (QED) is 0.807. The number of carbonyl (C=O) groups is 1. The predicted octanol–water partition coefficient (Wildman–Crippen LogP) is 2.51. The van der Waals surface area contributed by atoms with Gasteiger partial charge in [0.1, 0.15) is 17.3 Å². The third-order valence-corrected chi connectivity index (χ3v) is 5.13. The van der Waals surface area contributed by atoms with Crippen LogP contribution in [0.4, 0.5) is 10.1 Å². The van der Waals surface area contributed by atoms with Gasteiger partial charge >= 0.3 is 0 Å². The van der Waals surface area contributed by atoms with Crippen LogP contribution < -0.4 is 14.8 Å². The van der Waals surface area contributed by atoms with Gasteiger partial charge in [-0.2, -0.15) is 0 Å². The van der Waals surface area contributed by atoms with E-state index in [0.29, 0.717) is 4.47 Å². The van der Waals surface area contributed by atoms with E-state index >= 15 is 0 Å². The van der Waals surface area contributed by atoms with E-state index in [4.69, 9.17) is 4.74 Å². The molecule has 24 heavy (non-hydrogen) atoms. The van der Waals surface area contributed by atoms with Crippen molar-refractivity contribution in [2.24, 2.45) is 0 Å². The standard InChI is InChI=1S/C15H12BrFN2O4S/c16-9-7-12-14(23-6-5-18-15(12)20)13(8-9)24(21,22)19-11-3-1-10(17)2-4-11/h1-4,7-8,19H,5-6H2,(H,18,20). The fraction of sp³-hybridized carbons (Fsp3) is 0.133. The average Bonchev–Trinajstić information content (AvgIpc) is 2.71. The summed E-state index contributed by atoms with van der Waals surface area (Å²) in [5.41, 5.74) is 0.324. The number of carbonyl (C=O) groups excluding carboxylic acids is 1. The Bertz CT molecular complexity index is 900. The second kappa shape index (κ2) is 6.40. The third kappa shape index (κ3) is 3.36. The zero-order chi connectivity index (χ0) is 17.3. The molecular formula is C15H12BrFN2O4S. The molecule has 0 saturated heterocycles. The third-order valence-electron chi connectivity index (χ3n) is 3.28. The molecule has 0 aliphatic carbocycles. The van der Waals surface area contributed by atoms with Crippen molar-refractivity contribution in [2.45, 2.75) is 4.90 Å². The molecule has 0 spiro atoms. The van der Waals surface area contributed by atoms with Crippen LogP contribution in [0.15, 0.2) is 45.8 Å². The largest absolute Gasteiger partial charge is 0.489 e. The number of ether oxygens (including phenoxy) is 1. The van der Waals surface area contributed by atoms with E-state index in [1.54, 1.807) is 0 Å². The number of anilines is 1. The molecule has 6 nitrogen and oxygen atoms in total. The summed E-state index contributed by atoms with van der Waals surface area (Å²) in [6, 6.07) is 7.73. The summed E-state index contributed by atoms with van der Waals surface area (Å²) in [5.74, 6) is -0.904. The maximum Gasteiger partial charge on any atom is 0.265 e. The molecule has 0 atom stereocenters. The molecule has 1 aliphatic rings. The van der Waals surface area contributed by atoms with E-state index < -0.39 is 21.7 Å². The second-order valence-electron chi connectivity index (χ2n) is 5.00. The van der Waals surface area contributed by atoms with Crippen molar-refractivity contribution >= 4 is 37.5 Å². The van der Waals surface area contributed by atoms with Crippen LogP contribution in [-0.2, 0) is 10.0 Å². The van der Waals surface area contributed by atoms with Crippen LogP contribution >= 0.6 is 15.9 Å². The Morgan fingerprint density at radius 3 is 2.62 bits per heavy atom. The van der Waals surface area contributed by atoms with E-state index in [0.717, 1.165) is 12.1 Å². The molecular weight excluding hydrogens is 403 g/mol. The minimum absolute atomic E-state index is 0.0113. The maximum absolute atomic E-state index is 13.0. The molecule has 3 rings (SSSR count). The number of benzene rings is 2. The average molecular weight is 415 g/mol. The first-order valence-corrected chi connectivity index (χ1v) is 9.17. The van der Waals surface area contributed by atoms with Crippen LogP contribution in [0.25, 0.3) is 0 Å². The van der Waals surface area contributed by atoms with Crippen LogP contribution in [0.2, 0.25) is 0 Å². The lowest BCUT2D eigenvalue weighted by Gasteiger charge is -2.14. The molecule has 2 aromatic carbocycles. The second-order valence-corrected chi connectivity index (χ2v) is 7.56. The number of hydrogen-bond donors (Lipinski definition) is 2. The van der Waals surface area contributed by atoms with E-state index in [9.17, 15) is 17.6 Å². The van der Waals surface area contributed by atoms with Crippen LogP contribution in [0, 0.1) is 5.82 Å². The molecule has 0 aromatic heterocycles. The van der Waals surface area contributed by atoms with Gasteiger partial charge in [0.2, 0.25) is 0 Å². The first-order chi connectivity index (χ1) is 11.4. The maximum atomic E-state index is 13.0. The Morgan fingerprint density at radius 2 is 1.92 bits per heavy atom. The number of amides is 1. The van der Waals surface area contributed by atoms with Gasteiger partial charge in [-0.3, -0.25) is 9.52 Å². The summed E-state index contributed by atoms with van der Waals surface area (Å²) in [6.45, 7) is 0.426. The van der Waals surface area contributed by atoms with Gasteiger partial charge in [0, 0.05) is 10.2 Å². The van der Waals surface area contributed by atoms with Gasteiger partial charge < -0.3 is 10.1 Å². The molecule has 2 N–H and O–H groups in total. The highest BCUT2D eigenvalue weighted by Crippen LogP contribution is 2.34. The normalized spacial score (nSPS) is 14.2. The molecule has 0 fully saturated rings. The van der Waals surface area contributed by atoms with E-state index in [1.807, 2.05) is 0 Å². The molecule has 0 radical (unpaired) electrons. The number of fused-ring (bicyclic) bond motifs is 1. The first-order valence-electron chi connectivity index (χ1n) is 6.90. The number of sulfonamides is 1. The molecule has 2 aromatic rings. The summed E-state index contributed by atoms with van der Waals surface area (Å²) < 4.78 is 46.6. The van der Waals surface area contributed by atoms with Crippen molar-refractivity contribution in [1.82, 2.24) is 5.32 Å². The zero-order valence-electron chi connectivity index (χ0n) is 12.2. The van der Waals surface area contributed by atoms with E-state index in [2.05, 4.69) is 26.0 Å². The van der Waals surface area contributed by atoms with Gasteiger partial charge in [0.05, 0.1) is 12.1 Å². The summed E-state index contributed by atoms with van der Waals surface area (Å²) in [5, 5.41) is 2.62. The van der Waals surface area contributed by atoms with Gasteiger partial charge in [0.15, 0.2) is 5.75 Å². The molecule has 126 valence electrons. The number of rotatable bonds is 3. The molecule has 1 heterocycles. The molecule has 0 bridgehead atoms. The molecule has 0 unspecified atom stereocenters. The predicted molar refractivity (Wildman–Crippen MR) is 89.2 cm³/mol. The minimum Gasteiger partial charge on any atom is -0.489 e. The molecule has 1 amide bonds. The number of hydrogen-bond acceptors (Lipinski definition) is 4. The van der Waals surface area contributed by atoms with Gasteiger partial charge in [-0.25, -0.2) is 12.8 Å². The van der Waals surface area contributed by atoms with Crippen molar-refractivity contribution in [3.63, 3.8) is 0 Å². The minimum atomic E-state index is -4.04. The summed E-state index contributed by atoms with van der Waals surface area (Å²) >= 11 is 3.20. The Hall–Kier alpha value is -2.13. The Labute approximate surface area is 146 Å². The monoisotopic (exact) mass is 414 g/mol. The lowest BCUT2D eigenvalue weighted by atomic mass is 10.2. The van der Waals surface area contributed by atoms with E-state index in [-0.39, 0.29) is 35.0 Å². The Kier molecular flexibility index (Phi) is 4.46. The summed E-state index contributed by atoms with van der Waals surface area (Å²) in [4.78, 5) is 11.9. The first kappa shape index (κ1) is 16.7. The highest BCUT2D eigenvalue weighted by atomic mass is 79.9. The lowest BCUT2D eigenvalue weighted by Crippen LogP contribution is -2.24. The number of halogens is 2. The fourth-order valence-corrected chi connectivity index (χ4v) is 4.09. The van der Waals surface area contributed by atoms with Crippen molar-refractivity contribution in [2.75, 3.05) is 17.9 Å².